The predicted octanol–water partition coefficient (Wildman–Crippen LogP) is 1.44. The minimum Gasteiger partial charge on any atom is -0.312 e. The van der Waals surface area contributed by atoms with Gasteiger partial charge in [0.15, 0.2) is 0 Å². The average Bonchev–Trinajstić information content (AvgIpc) is 2.55. The topological polar surface area (TPSA) is 24.9 Å². The highest BCUT2D eigenvalue weighted by Crippen LogP contribution is 2.35. The van der Waals surface area contributed by atoms with Crippen LogP contribution in [0.3, 0.4) is 0 Å². The van der Waals surface area contributed by atoms with Crippen LogP contribution in [0, 0.1) is 18.3 Å². The highest BCUT2D eigenvalue weighted by Gasteiger charge is 2.34. The van der Waals surface area contributed by atoms with E-state index in [2.05, 4.69) is 22.3 Å². The molecule has 1 aromatic rings. The molecule has 0 saturated carbocycles. The van der Waals surface area contributed by atoms with Gasteiger partial charge in [0.25, 0.3) is 0 Å². The molecule has 0 bridgehead atoms. The van der Waals surface area contributed by atoms with E-state index in [1.165, 1.54) is 11.1 Å². The Morgan fingerprint density at radius 1 is 1.47 bits per heavy atom. The zero-order chi connectivity index (χ0) is 10.3. The normalized spacial score (nSPS) is 27.5. The quantitative estimate of drug-likeness (QED) is 0.687. The highest BCUT2D eigenvalue weighted by molar-refractivity contribution is 5.69. The second-order valence-electron chi connectivity index (χ2n) is 4.18. The minimum absolute atomic E-state index is 0.662. The highest BCUT2D eigenvalue weighted by atomic mass is 15.0. The van der Waals surface area contributed by atoms with Crippen LogP contribution in [-0.4, -0.2) is 17.6 Å². The summed E-state index contributed by atoms with van der Waals surface area (Å²) in [6.45, 7) is 1.12. The summed E-state index contributed by atoms with van der Waals surface area (Å²) in [5, 5.41) is 3.42. The predicted molar refractivity (Wildman–Crippen MR) is 60.0 cm³/mol. The van der Waals surface area contributed by atoms with Gasteiger partial charge in [-0.3, -0.25) is 4.98 Å². The van der Waals surface area contributed by atoms with Crippen LogP contribution < -0.4 is 5.32 Å². The lowest BCUT2D eigenvalue weighted by Gasteiger charge is -2.31. The molecule has 74 valence electrons. The summed E-state index contributed by atoms with van der Waals surface area (Å²) in [6, 6.07) is 2.71. The largest absolute Gasteiger partial charge is 0.312 e. The Morgan fingerprint density at radius 2 is 2.40 bits per heavy atom. The molecule has 1 aliphatic carbocycles. The van der Waals surface area contributed by atoms with Crippen molar-refractivity contribution in [2.45, 2.75) is 12.5 Å². The molecule has 2 atom stereocenters. The summed E-state index contributed by atoms with van der Waals surface area (Å²) in [5.74, 6) is 3.35. The maximum absolute atomic E-state index is 5.36. The maximum Gasteiger partial charge on any atom is 0.0432 e. The zero-order valence-corrected chi connectivity index (χ0v) is 8.40. The molecule has 0 unspecified atom stereocenters. The Bertz CT molecular complexity index is 468. The Balaban J connectivity index is 1.93. The van der Waals surface area contributed by atoms with E-state index in [9.17, 15) is 0 Å². The lowest BCUT2D eigenvalue weighted by atomic mass is 9.95. The molecule has 15 heavy (non-hydrogen) atoms. The van der Waals surface area contributed by atoms with Crippen LogP contribution in [-0.2, 0) is 0 Å². The van der Waals surface area contributed by atoms with Gasteiger partial charge in [0.05, 0.1) is 0 Å². The van der Waals surface area contributed by atoms with Gasteiger partial charge in [-0.1, -0.05) is 12.0 Å². The lowest BCUT2D eigenvalue weighted by Crippen LogP contribution is -2.49. The Labute approximate surface area is 89.4 Å². The lowest BCUT2D eigenvalue weighted by molar-refractivity contribution is 0.306. The van der Waals surface area contributed by atoms with E-state index in [0.29, 0.717) is 6.04 Å². The van der Waals surface area contributed by atoms with Gasteiger partial charge in [0.2, 0.25) is 0 Å². The molecule has 2 aliphatic rings. The molecular weight excluding hydrogens is 184 g/mol. The molecule has 1 aliphatic heterocycles. The van der Waals surface area contributed by atoms with E-state index in [1.807, 2.05) is 12.3 Å². The number of nitrogens with one attached hydrogen (secondary N) is 1. The van der Waals surface area contributed by atoms with E-state index in [0.717, 1.165) is 24.4 Å². The van der Waals surface area contributed by atoms with Crippen molar-refractivity contribution in [2.24, 2.45) is 5.92 Å². The number of aromatic nitrogens is 1. The Kier molecular flexibility index (Phi) is 1.87. The molecule has 0 spiro atoms. The number of terminal acetylenes is 1. The fourth-order valence-corrected chi connectivity index (χ4v) is 2.29. The summed E-state index contributed by atoms with van der Waals surface area (Å²) in [5.41, 5.74) is 3.43. The molecule has 2 heteroatoms. The summed E-state index contributed by atoms with van der Waals surface area (Å²) >= 11 is 0. The molecule has 0 radical (unpaired) electrons. The van der Waals surface area contributed by atoms with E-state index < -0.39 is 0 Å². The van der Waals surface area contributed by atoms with Crippen molar-refractivity contribution >= 4 is 5.57 Å². The summed E-state index contributed by atoms with van der Waals surface area (Å²) in [6.07, 6.45) is 12.5. The van der Waals surface area contributed by atoms with Crippen LogP contribution in [0.25, 0.3) is 5.57 Å². The Morgan fingerprint density at radius 3 is 3.00 bits per heavy atom. The van der Waals surface area contributed by atoms with Crippen LogP contribution in [0.4, 0.5) is 0 Å². The number of nitrogens with zero attached hydrogens (tertiary/aromatic N) is 1. The number of fused-ring (bicyclic) bond motifs is 1. The molecule has 2 heterocycles. The first-order chi connectivity index (χ1) is 7.36. The van der Waals surface area contributed by atoms with E-state index >= 15 is 0 Å². The Hall–Kier alpha value is -1.59. The van der Waals surface area contributed by atoms with Gasteiger partial charge >= 0.3 is 0 Å². The molecule has 0 amide bonds. The van der Waals surface area contributed by atoms with Crippen molar-refractivity contribution in [3.8, 4) is 12.3 Å². The maximum atomic E-state index is 5.36. The fraction of sp³-hybridized carbons (Fsp3) is 0.308. The van der Waals surface area contributed by atoms with E-state index in [-0.39, 0.29) is 0 Å². The molecule has 1 N–H and O–H groups in total. The molecule has 0 aromatic carbocycles. The third kappa shape index (κ3) is 1.36. The number of hydrogen-bond donors (Lipinski definition) is 1. The summed E-state index contributed by atoms with van der Waals surface area (Å²) in [7, 11) is 0. The van der Waals surface area contributed by atoms with Gasteiger partial charge in [-0.25, -0.2) is 0 Å². The van der Waals surface area contributed by atoms with Crippen LogP contribution >= 0.6 is 0 Å². The van der Waals surface area contributed by atoms with Gasteiger partial charge in [0.1, 0.15) is 0 Å². The monoisotopic (exact) mass is 196 g/mol. The van der Waals surface area contributed by atoms with Crippen molar-refractivity contribution in [2.75, 3.05) is 6.54 Å². The molecule has 1 saturated heterocycles. The minimum atomic E-state index is 0.662. The van der Waals surface area contributed by atoms with Crippen molar-refractivity contribution in [1.82, 2.24) is 10.3 Å². The standard InChI is InChI=1S/C13H12N2/c1-2-9-3-11(7-14-6-9)10-4-12-8-15-13(12)5-10/h1,3-4,6-7,12-13,15H,5,8H2/t12-,13-/m0/s1. The van der Waals surface area contributed by atoms with Crippen molar-refractivity contribution < 1.29 is 0 Å². The van der Waals surface area contributed by atoms with Crippen molar-refractivity contribution in [3.05, 3.63) is 35.7 Å². The first-order valence-corrected chi connectivity index (χ1v) is 5.23. The van der Waals surface area contributed by atoms with Crippen LogP contribution in [0.2, 0.25) is 0 Å². The van der Waals surface area contributed by atoms with Gasteiger partial charge in [-0.15, -0.1) is 6.42 Å². The molecule has 1 aromatic heterocycles. The van der Waals surface area contributed by atoms with E-state index in [4.69, 9.17) is 6.42 Å². The number of hydrogen-bond acceptors (Lipinski definition) is 2. The number of rotatable bonds is 1. The SMILES string of the molecule is C#Cc1cncc(C2=C[C@H]3CN[C@H]3C2)c1. The first-order valence-electron chi connectivity index (χ1n) is 5.23. The summed E-state index contributed by atoms with van der Waals surface area (Å²) in [4.78, 5) is 4.17. The molecular formula is C13H12N2. The number of pyridine rings is 1. The fourth-order valence-electron chi connectivity index (χ4n) is 2.29. The van der Waals surface area contributed by atoms with Gasteiger partial charge in [0, 0.05) is 36.5 Å². The first kappa shape index (κ1) is 8.70. The smallest absolute Gasteiger partial charge is 0.0432 e. The summed E-state index contributed by atoms with van der Waals surface area (Å²) < 4.78 is 0. The van der Waals surface area contributed by atoms with Crippen molar-refractivity contribution in [1.29, 1.82) is 0 Å². The molecule has 1 fully saturated rings. The van der Waals surface area contributed by atoms with Crippen LogP contribution in [0.5, 0.6) is 0 Å². The third-order valence-electron chi connectivity index (χ3n) is 3.26. The molecule has 2 nitrogen and oxygen atoms in total. The molecule has 3 rings (SSSR count). The van der Waals surface area contributed by atoms with Crippen LogP contribution in [0.1, 0.15) is 17.5 Å². The van der Waals surface area contributed by atoms with Gasteiger partial charge in [-0.2, -0.15) is 0 Å². The third-order valence-corrected chi connectivity index (χ3v) is 3.26. The van der Waals surface area contributed by atoms with Gasteiger partial charge < -0.3 is 5.32 Å². The second-order valence-corrected chi connectivity index (χ2v) is 4.18. The van der Waals surface area contributed by atoms with E-state index in [1.54, 1.807) is 6.20 Å². The second kappa shape index (κ2) is 3.22. The average molecular weight is 196 g/mol. The van der Waals surface area contributed by atoms with Gasteiger partial charge in [-0.05, 0) is 23.6 Å². The zero-order valence-electron chi connectivity index (χ0n) is 8.40. The van der Waals surface area contributed by atoms with Crippen molar-refractivity contribution in [3.63, 3.8) is 0 Å². The van der Waals surface area contributed by atoms with Crippen LogP contribution in [0.15, 0.2) is 24.5 Å².